The van der Waals surface area contributed by atoms with Gasteiger partial charge in [0.05, 0.1) is 6.42 Å². The van der Waals surface area contributed by atoms with Gasteiger partial charge in [0.25, 0.3) is 0 Å². The first-order chi connectivity index (χ1) is 7.56. The van der Waals surface area contributed by atoms with Crippen LogP contribution in [0, 0.1) is 0 Å². The highest BCUT2D eigenvalue weighted by Crippen LogP contribution is 1.91. The van der Waals surface area contributed by atoms with Gasteiger partial charge in [-0.2, -0.15) is 0 Å². The topological polar surface area (TPSA) is 69.6 Å². The Labute approximate surface area is 96.8 Å². The summed E-state index contributed by atoms with van der Waals surface area (Å²) in [5.74, 6) is -0.769. The number of carbonyl (C=O) groups is 2. The van der Waals surface area contributed by atoms with Crippen molar-refractivity contribution in [2.45, 2.75) is 32.6 Å². The maximum Gasteiger partial charge on any atom is 0.304 e. The zero-order valence-corrected chi connectivity index (χ0v) is 10.2. The molecule has 0 aromatic rings. The second-order valence-electron chi connectivity index (χ2n) is 3.90. The van der Waals surface area contributed by atoms with Gasteiger partial charge >= 0.3 is 5.97 Å². The van der Waals surface area contributed by atoms with Gasteiger partial charge in [-0.15, -0.1) is 0 Å². The van der Waals surface area contributed by atoms with E-state index in [1.165, 1.54) is 0 Å². The Morgan fingerprint density at radius 1 is 1.25 bits per heavy atom. The molecule has 0 aliphatic carbocycles. The van der Waals surface area contributed by atoms with Crippen molar-refractivity contribution in [2.75, 3.05) is 26.7 Å². The van der Waals surface area contributed by atoms with E-state index < -0.39 is 5.97 Å². The van der Waals surface area contributed by atoms with Crippen LogP contribution in [-0.4, -0.2) is 48.6 Å². The van der Waals surface area contributed by atoms with Gasteiger partial charge in [0, 0.05) is 26.1 Å². The average molecular weight is 230 g/mol. The number of nitrogens with zero attached hydrogens (tertiary/aromatic N) is 1. The van der Waals surface area contributed by atoms with Crippen molar-refractivity contribution in [1.29, 1.82) is 0 Å². The highest BCUT2D eigenvalue weighted by atomic mass is 16.4. The molecule has 0 aromatic carbocycles. The van der Waals surface area contributed by atoms with Crippen LogP contribution in [0.15, 0.2) is 0 Å². The van der Waals surface area contributed by atoms with E-state index in [4.69, 9.17) is 5.11 Å². The summed E-state index contributed by atoms with van der Waals surface area (Å²) in [6, 6.07) is 0. The molecule has 5 heteroatoms. The first-order valence-corrected chi connectivity index (χ1v) is 5.73. The zero-order chi connectivity index (χ0) is 12.4. The van der Waals surface area contributed by atoms with Crippen molar-refractivity contribution in [2.24, 2.45) is 0 Å². The van der Waals surface area contributed by atoms with Crippen LogP contribution in [0.1, 0.15) is 32.6 Å². The molecule has 0 saturated heterocycles. The summed E-state index contributed by atoms with van der Waals surface area (Å²) in [6.07, 6.45) is 2.62. The molecule has 16 heavy (non-hydrogen) atoms. The number of amides is 1. The number of carboxylic acids is 1. The number of carbonyl (C=O) groups excluding carboxylic acids is 1. The number of unbranched alkanes of at least 4 members (excludes halogenated alkanes) is 1. The van der Waals surface area contributed by atoms with Crippen molar-refractivity contribution in [3.63, 3.8) is 0 Å². The lowest BCUT2D eigenvalue weighted by atomic mass is 10.3. The van der Waals surface area contributed by atoms with Crippen LogP contribution in [0.5, 0.6) is 0 Å². The molecule has 0 fully saturated rings. The molecule has 0 aromatic heterocycles. The fraction of sp³-hybridized carbons (Fsp3) is 0.818. The highest BCUT2D eigenvalue weighted by Gasteiger charge is 2.05. The summed E-state index contributed by atoms with van der Waals surface area (Å²) >= 11 is 0. The van der Waals surface area contributed by atoms with Crippen LogP contribution in [0.25, 0.3) is 0 Å². The number of carboxylic acid groups (broad SMARTS) is 1. The Hall–Kier alpha value is -1.10. The molecule has 2 N–H and O–H groups in total. The Morgan fingerprint density at radius 2 is 1.88 bits per heavy atom. The second kappa shape index (κ2) is 9.15. The van der Waals surface area contributed by atoms with E-state index >= 15 is 0 Å². The van der Waals surface area contributed by atoms with Crippen molar-refractivity contribution >= 4 is 11.9 Å². The fourth-order valence-corrected chi connectivity index (χ4v) is 1.18. The smallest absolute Gasteiger partial charge is 0.304 e. The van der Waals surface area contributed by atoms with E-state index in [-0.39, 0.29) is 12.3 Å². The zero-order valence-electron chi connectivity index (χ0n) is 10.2. The molecule has 0 radical (unpaired) electrons. The van der Waals surface area contributed by atoms with Crippen molar-refractivity contribution < 1.29 is 14.7 Å². The Kier molecular flexibility index (Phi) is 8.52. The van der Waals surface area contributed by atoms with Crippen molar-refractivity contribution in [3.05, 3.63) is 0 Å². The van der Waals surface area contributed by atoms with E-state index in [2.05, 4.69) is 12.2 Å². The monoisotopic (exact) mass is 230 g/mol. The standard InChI is InChI=1S/C11H22N2O3/c1-3-4-7-12-10(14)5-8-13(2)9-6-11(15)16/h3-9H2,1-2H3,(H,12,14)(H,15,16). The van der Waals surface area contributed by atoms with Gasteiger partial charge in [-0.1, -0.05) is 13.3 Å². The molecule has 94 valence electrons. The Morgan fingerprint density at radius 3 is 2.44 bits per heavy atom. The van der Waals surface area contributed by atoms with Gasteiger partial charge in [0.1, 0.15) is 0 Å². The molecule has 5 nitrogen and oxygen atoms in total. The predicted molar refractivity (Wildman–Crippen MR) is 62.3 cm³/mol. The molecular formula is C11H22N2O3. The number of hydrogen-bond donors (Lipinski definition) is 2. The largest absolute Gasteiger partial charge is 0.481 e. The summed E-state index contributed by atoms with van der Waals surface area (Å²) < 4.78 is 0. The van der Waals surface area contributed by atoms with E-state index in [1.807, 2.05) is 11.9 Å². The summed E-state index contributed by atoms with van der Waals surface area (Å²) in [5.41, 5.74) is 0. The van der Waals surface area contributed by atoms with Crippen LogP contribution in [0.4, 0.5) is 0 Å². The molecule has 0 heterocycles. The molecule has 0 aliphatic heterocycles. The Balaban J connectivity index is 3.47. The minimum atomic E-state index is -0.806. The average Bonchev–Trinajstić information content (AvgIpc) is 2.24. The molecule has 0 saturated carbocycles. The van der Waals surface area contributed by atoms with Gasteiger partial charge in [-0.05, 0) is 13.5 Å². The molecular weight excluding hydrogens is 208 g/mol. The maximum atomic E-state index is 11.3. The van der Waals surface area contributed by atoms with E-state index in [1.54, 1.807) is 0 Å². The SMILES string of the molecule is CCCCNC(=O)CCN(C)CCC(=O)O. The van der Waals surface area contributed by atoms with Crippen molar-refractivity contribution in [3.8, 4) is 0 Å². The van der Waals surface area contributed by atoms with Crippen LogP contribution in [0.3, 0.4) is 0 Å². The summed E-state index contributed by atoms with van der Waals surface area (Å²) in [4.78, 5) is 23.5. The molecule has 0 spiro atoms. The third kappa shape index (κ3) is 9.45. The predicted octanol–water partition coefficient (Wildman–Crippen LogP) is 0.699. The Bertz CT molecular complexity index is 219. The lowest BCUT2D eigenvalue weighted by molar-refractivity contribution is -0.137. The highest BCUT2D eigenvalue weighted by molar-refractivity contribution is 5.76. The molecule has 0 bridgehead atoms. The third-order valence-electron chi connectivity index (χ3n) is 2.28. The quantitative estimate of drug-likeness (QED) is 0.572. The van der Waals surface area contributed by atoms with Crippen LogP contribution in [0.2, 0.25) is 0 Å². The summed E-state index contributed by atoms with van der Waals surface area (Å²) in [5, 5.41) is 11.3. The number of aliphatic carboxylic acids is 1. The minimum Gasteiger partial charge on any atom is -0.481 e. The van der Waals surface area contributed by atoms with Gasteiger partial charge in [-0.3, -0.25) is 9.59 Å². The lowest BCUT2D eigenvalue weighted by Crippen LogP contribution is -2.30. The van der Waals surface area contributed by atoms with Gasteiger partial charge < -0.3 is 15.3 Å². The second-order valence-corrected chi connectivity index (χ2v) is 3.90. The molecule has 0 unspecified atom stereocenters. The third-order valence-corrected chi connectivity index (χ3v) is 2.28. The number of nitrogens with one attached hydrogen (secondary N) is 1. The first-order valence-electron chi connectivity index (χ1n) is 5.73. The number of rotatable bonds is 9. The minimum absolute atomic E-state index is 0.0376. The fourth-order valence-electron chi connectivity index (χ4n) is 1.18. The normalized spacial score (nSPS) is 10.4. The first kappa shape index (κ1) is 14.9. The lowest BCUT2D eigenvalue weighted by Gasteiger charge is -2.14. The van der Waals surface area contributed by atoms with Crippen molar-refractivity contribution in [1.82, 2.24) is 10.2 Å². The summed E-state index contributed by atoms with van der Waals surface area (Å²) in [7, 11) is 1.82. The van der Waals surface area contributed by atoms with E-state index in [0.29, 0.717) is 19.5 Å². The molecule has 0 aliphatic rings. The van der Waals surface area contributed by atoms with Crippen LogP contribution < -0.4 is 5.32 Å². The van der Waals surface area contributed by atoms with Gasteiger partial charge in [0.15, 0.2) is 0 Å². The maximum absolute atomic E-state index is 11.3. The van der Waals surface area contributed by atoms with Crippen LogP contribution >= 0.6 is 0 Å². The van der Waals surface area contributed by atoms with E-state index in [9.17, 15) is 9.59 Å². The van der Waals surface area contributed by atoms with Gasteiger partial charge in [-0.25, -0.2) is 0 Å². The van der Waals surface area contributed by atoms with E-state index in [0.717, 1.165) is 19.4 Å². The number of hydrogen-bond acceptors (Lipinski definition) is 3. The molecule has 0 atom stereocenters. The van der Waals surface area contributed by atoms with Gasteiger partial charge in [0.2, 0.25) is 5.91 Å². The molecule has 0 rings (SSSR count). The summed E-state index contributed by atoms with van der Waals surface area (Å²) in [6.45, 7) is 3.89. The molecule has 1 amide bonds. The van der Waals surface area contributed by atoms with Crippen LogP contribution in [-0.2, 0) is 9.59 Å².